The molecule has 26 heavy (non-hydrogen) atoms. The molecule has 148 valence electrons. The number of hydrogen-bond acceptors (Lipinski definition) is 4. The summed E-state index contributed by atoms with van der Waals surface area (Å²) in [7, 11) is 1.54. The summed E-state index contributed by atoms with van der Waals surface area (Å²) >= 11 is 0. The summed E-state index contributed by atoms with van der Waals surface area (Å²) < 4.78 is 7.07. The zero-order valence-corrected chi connectivity index (χ0v) is 17.9. The lowest BCUT2D eigenvalue weighted by Gasteiger charge is -2.25. The van der Waals surface area contributed by atoms with Crippen molar-refractivity contribution in [3.8, 4) is 0 Å². The fraction of sp³-hybridized carbons (Fsp3) is 0.737. The molecular formula is C19H34N4O3. The highest BCUT2D eigenvalue weighted by atomic mass is 16.6. The van der Waals surface area contributed by atoms with Gasteiger partial charge in [-0.3, -0.25) is 4.79 Å². The number of ether oxygens (including phenoxy) is 1. The molecule has 0 unspecified atom stereocenters. The number of hydrogen-bond donors (Lipinski definition) is 1. The molecule has 0 radical (unpaired) electrons. The first-order valence-corrected chi connectivity index (χ1v) is 8.86. The smallest absolute Gasteiger partial charge is 0.410 e. The fourth-order valence-corrected chi connectivity index (χ4v) is 2.15. The highest BCUT2D eigenvalue weighted by Gasteiger charge is 2.27. The maximum Gasteiger partial charge on any atom is 0.410 e. The maximum atomic E-state index is 12.4. The molecule has 7 heteroatoms. The number of rotatable bonds is 3. The van der Waals surface area contributed by atoms with Crippen LogP contribution in [0.15, 0.2) is 6.07 Å². The molecule has 0 saturated heterocycles. The summed E-state index contributed by atoms with van der Waals surface area (Å²) in [4.78, 5) is 25.7. The average molecular weight is 367 g/mol. The Balaban J connectivity index is 2.92. The molecule has 7 nitrogen and oxygen atoms in total. The minimum Gasteiger partial charge on any atom is -0.444 e. The molecule has 0 aromatic carbocycles. The molecular weight excluding hydrogens is 332 g/mol. The van der Waals surface area contributed by atoms with Crippen LogP contribution in [-0.4, -0.2) is 45.9 Å². The molecule has 1 aromatic rings. The average Bonchev–Trinajstić information content (AvgIpc) is 2.79. The van der Waals surface area contributed by atoms with Gasteiger partial charge in [0, 0.05) is 18.5 Å². The number of nitrogens with zero attached hydrogens (tertiary/aromatic N) is 3. The summed E-state index contributed by atoms with van der Waals surface area (Å²) in [5, 5.41) is 7.54. The molecule has 1 aromatic heterocycles. The topological polar surface area (TPSA) is 76.5 Å². The number of amides is 2. The minimum absolute atomic E-state index is 0.102. The summed E-state index contributed by atoms with van der Waals surface area (Å²) in [5.74, 6) is 0.314. The van der Waals surface area contributed by atoms with E-state index in [1.54, 1.807) is 25.5 Å². The molecule has 2 amide bonds. The van der Waals surface area contributed by atoms with Crippen LogP contribution in [0.25, 0.3) is 0 Å². The highest BCUT2D eigenvalue weighted by molar-refractivity contribution is 5.93. The molecule has 1 rings (SSSR count). The van der Waals surface area contributed by atoms with E-state index in [9.17, 15) is 9.59 Å². The lowest BCUT2D eigenvalue weighted by molar-refractivity contribution is -0.117. The van der Waals surface area contributed by atoms with Crippen molar-refractivity contribution >= 4 is 17.8 Å². The maximum absolute atomic E-state index is 12.4. The van der Waals surface area contributed by atoms with Crippen molar-refractivity contribution in [1.29, 1.82) is 0 Å². The second kappa shape index (κ2) is 7.29. The Morgan fingerprint density at radius 1 is 1.12 bits per heavy atom. The van der Waals surface area contributed by atoms with E-state index in [2.05, 4.69) is 31.2 Å². The molecule has 0 bridgehead atoms. The number of likely N-dealkylation sites (N-methyl/N-ethyl adjacent to an activating group) is 1. The van der Waals surface area contributed by atoms with Crippen LogP contribution in [0.4, 0.5) is 10.6 Å². The van der Waals surface area contributed by atoms with Gasteiger partial charge in [0.05, 0.1) is 11.2 Å². The van der Waals surface area contributed by atoms with E-state index in [1.165, 1.54) is 11.9 Å². The van der Waals surface area contributed by atoms with Crippen LogP contribution in [-0.2, 0) is 20.5 Å². The zero-order chi connectivity index (χ0) is 20.5. The Labute approximate surface area is 157 Å². The van der Waals surface area contributed by atoms with Gasteiger partial charge in [0.2, 0.25) is 5.91 Å². The molecule has 0 aliphatic carbocycles. The van der Waals surface area contributed by atoms with E-state index in [-0.39, 0.29) is 23.4 Å². The third kappa shape index (κ3) is 6.35. The van der Waals surface area contributed by atoms with Gasteiger partial charge in [0.15, 0.2) is 0 Å². The zero-order valence-electron chi connectivity index (χ0n) is 17.9. The highest BCUT2D eigenvalue weighted by Crippen LogP contribution is 2.28. The molecule has 0 spiro atoms. The predicted octanol–water partition coefficient (Wildman–Crippen LogP) is 3.74. The lowest BCUT2D eigenvalue weighted by atomic mass is 9.92. The number of anilines is 1. The first-order chi connectivity index (χ1) is 11.5. The van der Waals surface area contributed by atoms with E-state index in [1.807, 2.05) is 26.8 Å². The van der Waals surface area contributed by atoms with Gasteiger partial charge in [0.1, 0.15) is 18.0 Å². The quantitative estimate of drug-likeness (QED) is 0.884. The predicted molar refractivity (Wildman–Crippen MR) is 103 cm³/mol. The van der Waals surface area contributed by atoms with Crippen molar-refractivity contribution in [2.45, 2.75) is 78.9 Å². The van der Waals surface area contributed by atoms with Gasteiger partial charge in [-0.2, -0.15) is 5.10 Å². The molecule has 0 fully saturated rings. The Kier molecular flexibility index (Phi) is 6.16. The van der Waals surface area contributed by atoms with E-state index >= 15 is 0 Å². The molecule has 0 aliphatic rings. The van der Waals surface area contributed by atoms with Crippen molar-refractivity contribution in [2.75, 3.05) is 18.9 Å². The van der Waals surface area contributed by atoms with Gasteiger partial charge < -0.3 is 15.0 Å². The van der Waals surface area contributed by atoms with Gasteiger partial charge in [-0.15, -0.1) is 0 Å². The largest absolute Gasteiger partial charge is 0.444 e. The summed E-state index contributed by atoms with van der Waals surface area (Å²) in [5.41, 5.74) is -0.135. The van der Waals surface area contributed by atoms with Crippen LogP contribution in [0.2, 0.25) is 0 Å². The van der Waals surface area contributed by atoms with Crippen molar-refractivity contribution < 1.29 is 14.3 Å². The van der Waals surface area contributed by atoms with Crippen molar-refractivity contribution in [3.63, 3.8) is 0 Å². The van der Waals surface area contributed by atoms with Gasteiger partial charge in [-0.05, 0) is 41.5 Å². The number of aromatic nitrogens is 2. The second-order valence-electron chi connectivity index (χ2n) is 9.63. The SMILES string of the molecule is CN(CC(=O)Nc1cc(C(C)(C)C)nn1C(C)(C)C)C(=O)OC(C)(C)C. The molecule has 0 saturated carbocycles. The van der Waals surface area contributed by atoms with E-state index in [0.29, 0.717) is 5.82 Å². The van der Waals surface area contributed by atoms with Crippen LogP contribution in [0.3, 0.4) is 0 Å². The minimum atomic E-state index is -0.603. The summed E-state index contributed by atoms with van der Waals surface area (Å²) in [6, 6.07) is 1.89. The van der Waals surface area contributed by atoms with Gasteiger partial charge in [0.25, 0.3) is 0 Å². The lowest BCUT2D eigenvalue weighted by Crippen LogP contribution is -2.39. The Hall–Kier alpha value is -2.05. The fourth-order valence-electron chi connectivity index (χ4n) is 2.15. The molecule has 1 N–H and O–H groups in total. The van der Waals surface area contributed by atoms with Crippen LogP contribution in [0.5, 0.6) is 0 Å². The Morgan fingerprint density at radius 3 is 2.08 bits per heavy atom. The van der Waals surface area contributed by atoms with Crippen LogP contribution in [0.1, 0.15) is 68.0 Å². The Bertz CT molecular complexity index is 658. The van der Waals surface area contributed by atoms with E-state index in [4.69, 9.17) is 4.74 Å². The number of carbonyl (C=O) groups excluding carboxylic acids is 2. The van der Waals surface area contributed by atoms with Crippen molar-refractivity contribution in [3.05, 3.63) is 11.8 Å². The van der Waals surface area contributed by atoms with Crippen molar-refractivity contribution in [1.82, 2.24) is 14.7 Å². The summed E-state index contributed by atoms with van der Waals surface area (Å²) in [6.45, 7) is 17.5. The van der Waals surface area contributed by atoms with Crippen LogP contribution in [0, 0.1) is 0 Å². The van der Waals surface area contributed by atoms with Gasteiger partial charge in [-0.1, -0.05) is 20.8 Å². The van der Waals surface area contributed by atoms with Crippen molar-refractivity contribution in [2.24, 2.45) is 0 Å². The van der Waals surface area contributed by atoms with Gasteiger partial charge in [-0.25, -0.2) is 9.48 Å². The third-order valence-electron chi connectivity index (χ3n) is 3.47. The first kappa shape index (κ1) is 22.0. The third-order valence-corrected chi connectivity index (χ3v) is 3.47. The number of nitrogens with one attached hydrogen (secondary N) is 1. The normalized spacial score (nSPS) is 12.7. The molecule has 0 atom stereocenters. The monoisotopic (exact) mass is 366 g/mol. The molecule has 0 aliphatic heterocycles. The second-order valence-corrected chi connectivity index (χ2v) is 9.63. The summed E-state index contributed by atoms with van der Waals surface area (Å²) in [6.07, 6.45) is -0.535. The Morgan fingerprint density at radius 2 is 1.65 bits per heavy atom. The standard InChI is InChI=1S/C19H34N4O3/c1-17(2,3)13-11-14(23(21-13)18(4,5)6)20-15(24)12-22(10)16(25)26-19(7,8)9/h11H,12H2,1-10H3,(H,20,24). The number of carbonyl (C=O) groups is 2. The molecule has 1 heterocycles. The van der Waals surface area contributed by atoms with Gasteiger partial charge >= 0.3 is 6.09 Å². The van der Waals surface area contributed by atoms with E-state index in [0.717, 1.165) is 5.69 Å². The first-order valence-electron chi connectivity index (χ1n) is 8.86. The van der Waals surface area contributed by atoms with E-state index < -0.39 is 11.7 Å². The van der Waals surface area contributed by atoms with Crippen LogP contribution >= 0.6 is 0 Å². The van der Waals surface area contributed by atoms with Crippen LogP contribution < -0.4 is 5.32 Å².